The van der Waals surface area contributed by atoms with Crippen LogP contribution in [0.25, 0.3) is 0 Å². The van der Waals surface area contributed by atoms with Crippen LogP contribution >= 0.6 is 34.8 Å². The topological polar surface area (TPSA) is 32.7 Å². The lowest BCUT2D eigenvalue weighted by Gasteiger charge is -2.13. The maximum absolute atomic E-state index is 12.7. The van der Waals surface area contributed by atoms with Gasteiger partial charge in [-0.3, -0.25) is 4.79 Å². The second-order valence-corrected chi connectivity index (χ2v) is 5.92. The minimum Gasteiger partial charge on any atom is -0.302 e. The Balaban J connectivity index is 2.07. The summed E-state index contributed by atoms with van der Waals surface area (Å²) in [5, 5.41) is 0.844. The van der Waals surface area contributed by atoms with E-state index < -0.39 is 0 Å². The third-order valence-electron chi connectivity index (χ3n) is 3.42. The average Bonchev–Trinajstić information content (AvgIpc) is 2.81. The molecule has 0 unspecified atom stereocenters. The van der Waals surface area contributed by atoms with Gasteiger partial charge in [0.2, 0.25) is 0 Å². The molecule has 0 fully saturated rings. The number of hydrogen-bond acceptors (Lipinski definition) is 2. The van der Waals surface area contributed by atoms with Gasteiger partial charge in [-0.05, 0) is 24.3 Å². The lowest BCUT2D eigenvalue weighted by molar-refractivity contribution is -0.112. The minimum absolute atomic E-state index is 0.174. The summed E-state index contributed by atoms with van der Waals surface area (Å²) in [5.41, 5.74) is 3.94. The molecular weight excluding hydrogens is 355 g/mol. The van der Waals surface area contributed by atoms with E-state index in [1.165, 1.54) is 5.54 Å². The van der Waals surface area contributed by atoms with Crippen molar-refractivity contribution in [3.05, 3.63) is 69.7 Å². The Morgan fingerprint density at radius 2 is 1.87 bits per heavy atom. The lowest BCUT2D eigenvalue weighted by atomic mass is 10.1. The van der Waals surface area contributed by atoms with Crippen molar-refractivity contribution in [1.29, 1.82) is 0 Å². The number of hydrogen-bond donors (Lipinski definition) is 0. The number of aliphatic imine (C=N–C) groups is 1. The number of carbonyl (C=O) groups is 1. The molecule has 2 aromatic rings. The van der Waals surface area contributed by atoms with Crippen LogP contribution < -0.4 is 4.90 Å². The van der Waals surface area contributed by atoms with Crippen molar-refractivity contribution in [1.82, 2.24) is 0 Å². The molecule has 1 aliphatic rings. The summed E-state index contributed by atoms with van der Waals surface area (Å²) in [5.74, 6) is -0.174. The largest absolute Gasteiger partial charge is 0.302 e. The van der Waals surface area contributed by atoms with E-state index in [0.29, 0.717) is 28.0 Å². The van der Waals surface area contributed by atoms with Crippen LogP contribution in [0.3, 0.4) is 0 Å². The van der Waals surface area contributed by atoms with Gasteiger partial charge < -0.3 is 4.90 Å². The fourth-order valence-corrected chi connectivity index (χ4v) is 2.75. The van der Waals surface area contributed by atoms with E-state index >= 15 is 0 Å². The Morgan fingerprint density at radius 1 is 1.09 bits per heavy atom. The van der Waals surface area contributed by atoms with Gasteiger partial charge in [-0.1, -0.05) is 59.1 Å². The smallest absolute Gasteiger partial charge is 0.277 e. The molecule has 0 bridgehead atoms. The van der Waals surface area contributed by atoms with Crippen molar-refractivity contribution in [3.63, 3.8) is 0 Å². The number of nitrogens with zero attached hydrogens (tertiary/aromatic N) is 2. The van der Waals surface area contributed by atoms with E-state index in [1.807, 2.05) is 24.3 Å². The second kappa shape index (κ2) is 6.75. The van der Waals surface area contributed by atoms with Crippen LogP contribution in [0.1, 0.15) is 5.56 Å². The van der Waals surface area contributed by atoms with Crippen molar-refractivity contribution < 1.29 is 4.79 Å². The second-order valence-electron chi connectivity index (χ2n) is 4.85. The van der Waals surface area contributed by atoms with E-state index in [2.05, 4.69) is 4.99 Å². The molecule has 0 radical (unpaired) electrons. The van der Waals surface area contributed by atoms with E-state index in [9.17, 15) is 4.79 Å². The number of fused-ring (bicyclic) bond motifs is 1. The summed E-state index contributed by atoms with van der Waals surface area (Å²) < 4.78 is 0. The van der Waals surface area contributed by atoms with Gasteiger partial charge in [0.05, 0.1) is 21.4 Å². The number of amides is 1. The third-order valence-corrected chi connectivity index (χ3v) is 4.34. The first-order valence-electron chi connectivity index (χ1n) is 6.82. The van der Waals surface area contributed by atoms with Crippen LogP contribution in [0, 0.1) is 0 Å². The van der Waals surface area contributed by atoms with Crippen LogP contribution in [0.15, 0.2) is 59.1 Å². The first-order valence-corrected chi connectivity index (χ1v) is 8.01. The zero-order valence-electron chi connectivity index (χ0n) is 11.8. The normalized spacial score (nSPS) is 15.7. The van der Waals surface area contributed by atoms with Crippen molar-refractivity contribution in [2.75, 3.05) is 11.4 Å². The highest BCUT2D eigenvalue weighted by molar-refractivity contribution is 6.54. The van der Waals surface area contributed by atoms with E-state index in [-0.39, 0.29) is 5.91 Å². The molecule has 1 amide bonds. The first-order chi connectivity index (χ1) is 11.1. The van der Waals surface area contributed by atoms with Crippen LogP contribution in [0.5, 0.6) is 0 Å². The molecular formula is C17H11Cl3N2O. The van der Waals surface area contributed by atoms with Crippen molar-refractivity contribution >= 4 is 57.8 Å². The predicted molar refractivity (Wildman–Crippen MR) is 96.4 cm³/mol. The standard InChI is InChI=1S/C17H11Cl3N2O/c18-8-3-9-22-15-5-2-1-4-12(15)16(17(22)23)21-11-6-7-13(19)14(20)10-11/h1-8,10H,9H2/b8-3+,21-16?. The van der Waals surface area contributed by atoms with Crippen LogP contribution in [-0.4, -0.2) is 18.2 Å². The van der Waals surface area contributed by atoms with Crippen molar-refractivity contribution in [3.8, 4) is 0 Å². The molecule has 1 aliphatic heterocycles. The van der Waals surface area contributed by atoms with Gasteiger partial charge in [0.15, 0.2) is 0 Å². The van der Waals surface area contributed by atoms with Crippen molar-refractivity contribution in [2.24, 2.45) is 4.99 Å². The zero-order chi connectivity index (χ0) is 16.4. The highest BCUT2D eigenvalue weighted by Crippen LogP contribution is 2.32. The lowest BCUT2D eigenvalue weighted by Crippen LogP contribution is -2.30. The van der Waals surface area contributed by atoms with E-state index in [0.717, 1.165) is 11.3 Å². The number of rotatable bonds is 3. The van der Waals surface area contributed by atoms with Gasteiger partial charge in [-0.25, -0.2) is 4.99 Å². The Bertz CT molecular complexity index is 830. The molecule has 0 N–H and O–H groups in total. The zero-order valence-corrected chi connectivity index (χ0v) is 14.1. The number of anilines is 1. The molecule has 2 aromatic carbocycles. The van der Waals surface area contributed by atoms with Gasteiger partial charge in [-0.15, -0.1) is 0 Å². The molecule has 1 heterocycles. The molecule has 0 spiro atoms. The summed E-state index contributed by atoms with van der Waals surface area (Å²) in [7, 11) is 0. The molecule has 0 aliphatic carbocycles. The molecule has 0 saturated heterocycles. The predicted octanol–water partition coefficient (Wildman–Crippen LogP) is 5.21. The Hall–Kier alpha value is -1.81. The molecule has 116 valence electrons. The van der Waals surface area contributed by atoms with Gasteiger partial charge in [0.25, 0.3) is 5.91 Å². The maximum atomic E-state index is 12.7. The Labute approximate surface area is 148 Å². The van der Waals surface area contributed by atoms with Gasteiger partial charge >= 0.3 is 0 Å². The summed E-state index contributed by atoms with van der Waals surface area (Å²) in [6.45, 7) is 0.389. The molecule has 0 atom stereocenters. The number of benzene rings is 2. The Kier molecular flexibility index (Phi) is 4.71. The van der Waals surface area contributed by atoms with Crippen LogP contribution in [-0.2, 0) is 4.79 Å². The molecule has 3 rings (SSSR count). The monoisotopic (exact) mass is 364 g/mol. The van der Waals surface area contributed by atoms with Crippen LogP contribution in [0.4, 0.5) is 11.4 Å². The summed E-state index contributed by atoms with van der Waals surface area (Å²) >= 11 is 17.5. The van der Waals surface area contributed by atoms with Crippen LogP contribution in [0.2, 0.25) is 10.0 Å². The molecule has 0 saturated carbocycles. The molecule has 23 heavy (non-hydrogen) atoms. The minimum atomic E-state index is -0.174. The number of carbonyl (C=O) groups excluding carboxylic acids is 1. The molecule has 0 aromatic heterocycles. The fraction of sp³-hybridized carbons (Fsp3) is 0.0588. The summed E-state index contributed by atoms with van der Waals surface area (Å²) in [6.07, 6.45) is 1.71. The van der Waals surface area contributed by atoms with Gasteiger partial charge in [-0.2, -0.15) is 0 Å². The summed E-state index contributed by atoms with van der Waals surface area (Å²) in [6, 6.07) is 12.5. The molecule has 6 heteroatoms. The SMILES string of the molecule is O=C1C(=Nc2ccc(Cl)c(Cl)c2)c2ccccc2N1C/C=C/Cl. The third kappa shape index (κ3) is 3.13. The summed E-state index contributed by atoms with van der Waals surface area (Å²) in [4.78, 5) is 18.8. The highest BCUT2D eigenvalue weighted by atomic mass is 35.5. The number of halogens is 3. The number of para-hydroxylation sites is 1. The molecule has 3 nitrogen and oxygen atoms in total. The Morgan fingerprint density at radius 3 is 2.61 bits per heavy atom. The van der Waals surface area contributed by atoms with Crippen molar-refractivity contribution in [2.45, 2.75) is 0 Å². The van der Waals surface area contributed by atoms with E-state index in [4.69, 9.17) is 34.8 Å². The quantitative estimate of drug-likeness (QED) is 0.734. The first kappa shape index (κ1) is 16.1. The van der Waals surface area contributed by atoms with Gasteiger partial charge in [0.1, 0.15) is 5.71 Å². The average molecular weight is 366 g/mol. The maximum Gasteiger partial charge on any atom is 0.277 e. The fourth-order valence-electron chi connectivity index (χ4n) is 2.38. The van der Waals surface area contributed by atoms with E-state index in [1.54, 1.807) is 29.2 Å². The van der Waals surface area contributed by atoms with Gasteiger partial charge in [0, 0.05) is 17.6 Å². The highest BCUT2D eigenvalue weighted by Gasteiger charge is 2.32.